The van der Waals surface area contributed by atoms with Crippen molar-refractivity contribution < 1.29 is 22.7 Å². The molecule has 3 aliphatic heterocycles. The number of sulfonamides is 1. The highest BCUT2D eigenvalue weighted by molar-refractivity contribution is 7.90. The number of halogens is 1. The number of piperazine rings is 1. The lowest BCUT2D eigenvalue weighted by Gasteiger charge is -2.58. The first-order chi connectivity index (χ1) is 25.8. The van der Waals surface area contributed by atoms with Crippen molar-refractivity contribution in [1.82, 2.24) is 14.5 Å². The Labute approximate surface area is 328 Å². The van der Waals surface area contributed by atoms with Gasteiger partial charge in [0, 0.05) is 68.4 Å². The summed E-state index contributed by atoms with van der Waals surface area (Å²) in [6.07, 6.45) is 11.3. The van der Waals surface area contributed by atoms with Crippen molar-refractivity contribution in [3.05, 3.63) is 70.3 Å². The third-order valence-corrected chi connectivity index (χ3v) is 15.8. The minimum atomic E-state index is -3.96. The Morgan fingerprint density at radius 2 is 1.80 bits per heavy atom. The van der Waals surface area contributed by atoms with Gasteiger partial charge >= 0.3 is 0 Å². The van der Waals surface area contributed by atoms with E-state index in [0.717, 1.165) is 101 Å². The van der Waals surface area contributed by atoms with Crippen LogP contribution in [0, 0.1) is 17.3 Å². The predicted molar refractivity (Wildman–Crippen MR) is 217 cm³/mol. The van der Waals surface area contributed by atoms with Crippen LogP contribution in [0.4, 0.5) is 5.69 Å². The number of fused-ring (bicyclic) bond motifs is 4. The SMILES string of the molecule is CCCN1CCN(C[C@@]2(OCC)/C=C/C[C@H](C)[C@@H](C)S(=O)(=O)NC(=O)c3ccc4c(c3)N(CC3(C)CC[C@H]32)C[C@@]2(CCCc3cc(Cl)ccc32)CO4)CC1. The highest BCUT2D eigenvalue weighted by atomic mass is 35.5. The van der Waals surface area contributed by atoms with Crippen LogP contribution in [-0.4, -0.2) is 101 Å². The van der Waals surface area contributed by atoms with Gasteiger partial charge in [0.1, 0.15) is 11.4 Å². The van der Waals surface area contributed by atoms with E-state index in [1.807, 2.05) is 25.1 Å². The second-order valence-electron chi connectivity index (χ2n) is 17.3. The summed E-state index contributed by atoms with van der Waals surface area (Å²) in [6.45, 7) is 19.1. The summed E-state index contributed by atoms with van der Waals surface area (Å²) in [5, 5.41) is -0.0265. The molecule has 6 atom stereocenters. The van der Waals surface area contributed by atoms with Crippen molar-refractivity contribution in [1.29, 1.82) is 0 Å². The van der Waals surface area contributed by atoms with E-state index in [9.17, 15) is 13.2 Å². The fourth-order valence-corrected chi connectivity index (χ4v) is 11.8. The van der Waals surface area contributed by atoms with Crippen molar-refractivity contribution >= 4 is 33.2 Å². The number of carbonyl (C=O) groups excluding carboxylic acids is 1. The highest BCUT2D eigenvalue weighted by Crippen LogP contribution is 2.56. The van der Waals surface area contributed by atoms with Crippen molar-refractivity contribution in [3.63, 3.8) is 0 Å². The fourth-order valence-electron chi connectivity index (χ4n) is 10.3. The average molecular weight is 782 g/mol. The maximum atomic E-state index is 13.7. The van der Waals surface area contributed by atoms with Crippen molar-refractivity contribution in [3.8, 4) is 5.75 Å². The van der Waals surface area contributed by atoms with Gasteiger partial charge in [0.05, 0.1) is 17.5 Å². The number of benzene rings is 2. The van der Waals surface area contributed by atoms with Crippen molar-refractivity contribution in [2.75, 3.05) is 70.5 Å². The summed E-state index contributed by atoms with van der Waals surface area (Å²) < 4.78 is 43.6. The summed E-state index contributed by atoms with van der Waals surface area (Å²) in [6, 6.07) is 11.7. The second-order valence-corrected chi connectivity index (χ2v) is 19.8. The number of hydrogen-bond donors (Lipinski definition) is 1. The molecule has 1 N–H and O–H groups in total. The van der Waals surface area contributed by atoms with Crippen LogP contribution in [0.5, 0.6) is 5.75 Å². The molecule has 1 spiro atoms. The molecule has 2 fully saturated rings. The quantitative estimate of drug-likeness (QED) is 0.312. The molecule has 0 radical (unpaired) electrons. The van der Waals surface area contributed by atoms with E-state index < -0.39 is 26.8 Å². The normalized spacial score (nSPS) is 33.8. The van der Waals surface area contributed by atoms with E-state index in [2.05, 4.69) is 64.5 Å². The molecular formula is C43H61ClN4O5S. The number of hydrogen-bond acceptors (Lipinski definition) is 8. The first-order valence-corrected chi connectivity index (χ1v) is 22.4. The maximum Gasteiger partial charge on any atom is 0.264 e. The summed E-state index contributed by atoms with van der Waals surface area (Å²) in [5.74, 6) is 0.116. The summed E-state index contributed by atoms with van der Waals surface area (Å²) in [4.78, 5) is 21.4. The van der Waals surface area contributed by atoms with Crippen LogP contribution < -0.4 is 14.4 Å². The number of carbonyl (C=O) groups is 1. The molecule has 2 bridgehead atoms. The molecule has 1 unspecified atom stereocenters. The van der Waals surface area contributed by atoms with Crippen LogP contribution in [0.15, 0.2) is 48.6 Å². The van der Waals surface area contributed by atoms with E-state index in [0.29, 0.717) is 31.7 Å². The summed E-state index contributed by atoms with van der Waals surface area (Å²) >= 11 is 6.53. The molecule has 1 saturated heterocycles. The number of rotatable bonds is 6. The van der Waals surface area contributed by atoms with Crippen LogP contribution in [0.2, 0.25) is 5.02 Å². The monoisotopic (exact) mass is 780 g/mol. The smallest absolute Gasteiger partial charge is 0.264 e. The molecule has 54 heavy (non-hydrogen) atoms. The van der Waals surface area contributed by atoms with Gasteiger partial charge in [-0.3, -0.25) is 9.69 Å². The molecule has 0 aromatic heterocycles. The molecule has 2 aromatic carbocycles. The van der Waals surface area contributed by atoms with Gasteiger partial charge in [0.25, 0.3) is 5.91 Å². The highest BCUT2D eigenvalue weighted by Gasteiger charge is 2.56. The molecule has 5 aliphatic rings. The third kappa shape index (κ3) is 7.71. The zero-order valence-corrected chi connectivity index (χ0v) is 34.6. The number of allylic oxidation sites excluding steroid dienone is 1. The standard InChI is InChI=1S/C43H61ClN4O5S/c1-6-20-46-21-23-47(24-22-46)29-43(53-7-2)18-8-10-31(3)32(4)54(50,51)45-40(49)34-12-15-38-37(26-34)48(27-41(5)19-16-39(41)43)28-42(30-52-38)17-9-11-33-25-35(44)13-14-36(33)42/h8,12-15,18,25-26,31-32,39H,6-7,9-11,16-17,19-24,27-30H2,1-5H3,(H,45,49)/b18-8+/t31-,32+,39+,41?,42-,43-/m0/s1. The first kappa shape index (κ1) is 39.6. The van der Waals surface area contributed by atoms with Crippen LogP contribution >= 0.6 is 11.6 Å². The van der Waals surface area contributed by atoms with Crippen LogP contribution in [0.25, 0.3) is 0 Å². The zero-order chi connectivity index (χ0) is 38.3. The molecule has 3 heterocycles. The Kier molecular flexibility index (Phi) is 11.5. The molecular weight excluding hydrogens is 720 g/mol. The van der Waals surface area contributed by atoms with Gasteiger partial charge in [-0.2, -0.15) is 0 Å². The van der Waals surface area contributed by atoms with Crippen LogP contribution in [-0.2, 0) is 26.6 Å². The predicted octanol–water partition coefficient (Wildman–Crippen LogP) is 7.08. The largest absolute Gasteiger partial charge is 0.490 e. The fraction of sp³-hybridized carbons (Fsp3) is 0.651. The van der Waals surface area contributed by atoms with E-state index in [4.69, 9.17) is 21.1 Å². The zero-order valence-electron chi connectivity index (χ0n) is 33.0. The van der Waals surface area contributed by atoms with Gasteiger partial charge in [-0.15, -0.1) is 0 Å². The molecule has 11 heteroatoms. The van der Waals surface area contributed by atoms with Gasteiger partial charge in [-0.25, -0.2) is 13.1 Å². The van der Waals surface area contributed by atoms with Gasteiger partial charge in [-0.1, -0.05) is 50.6 Å². The third-order valence-electron chi connectivity index (χ3n) is 13.6. The Morgan fingerprint density at radius 3 is 2.52 bits per heavy atom. The van der Waals surface area contributed by atoms with Crippen LogP contribution in [0.3, 0.4) is 0 Å². The second kappa shape index (κ2) is 15.7. The lowest BCUT2D eigenvalue weighted by atomic mass is 9.54. The molecule has 296 valence electrons. The molecule has 1 amide bonds. The number of aryl methyl sites for hydroxylation is 1. The Bertz CT molecular complexity index is 1830. The van der Waals surface area contributed by atoms with Gasteiger partial charge < -0.3 is 19.3 Å². The topological polar surface area (TPSA) is 91.4 Å². The summed E-state index contributed by atoms with van der Waals surface area (Å²) in [7, 11) is -3.96. The van der Waals surface area contributed by atoms with E-state index in [1.165, 1.54) is 11.1 Å². The van der Waals surface area contributed by atoms with Crippen LogP contribution in [0.1, 0.15) is 94.6 Å². The number of nitrogens with zero attached hydrogens (tertiary/aromatic N) is 3. The number of anilines is 1. The van der Waals surface area contributed by atoms with Gasteiger partial charge in [-0.05, 0) is 124 Å². The lowest BCUT2D eigenvalue weighted by molar-refractivity contribution is -0.142. The number of amides is 1. The molecule has 1 saturated carbocycles. The van der Waals surface area contributed by atoms with E-state index >= 15 is 0 Å². The van der Waals surface area contributed by atoms with Crippen molar-refractivity contribution in [2.45, 2.75) is 95.8 Å². The Morgan fingerprint density at radius 1 is 1.02 bits per heavy atom. The summed E-state index contributed by atoms with van der Waals surface area (Å²) in [5.41, 5.74) is 2.78. The number of nitrogens with one attached hydrogen (secondary N) is 1. The minimum Gasteiger partial charge on any atom is -0.490 e. The average Bonchev–Trinajstić information content (AvgIpc) is 3.27. The lowest BCUT2D eigenvalue weighted by Crippen LogP contribution is -2.63. The Hall–Kier alpha value is -2.63. The van der Waals surface area contributed by atoms with E-state index in [-0.39, 0.29) is 22.7 Å². The van der Waals surface area contributed by atoms with E-state index in [1.54, 1.807) is 13.0 Å². The Balaban J connectivity index is 1.32. The molecule has 2 aromatic rings. The maximum absolute atomic E-state index is 13.7. The van der Waals surface area contributed by atoms with Gasteiger partial charge in [0.15, 0.2) is 0 Å². The molecule has 7 rings (SSSR count). The van der Waals surface area contributed by atoms with Crippen molar-refractivity contribution in [2.24, 2.45) is 17.3 Å². The van der Waals surface area contributed by atoms with Gasteiger partial charge in [0.2, 0.25) is 10.0 Å². The minimum absolute atomic E-state index is 0.110. The molecule has 9 nitrogen and oxygen atoms in total. The molecule has 2 aliphatic carbocycles. The number of ether oxygens (including phenoxy) is 2. The first-order valence-electron chi connectivity index (χ1n) is 20.4.